The van der Waals surface area contributed by atoms with Crippen molar-refractivity contribution in [2.75, 3.05) is 44.2 Å². The number of aliphatic hydroxyl groups is 3. The van der Waals surface area contributed by atoms with Crippen molar-refractivity contribution >= 4 is 29.4 Å². The van der Waals surface area contributed by atoms with E-state index in [0.29, 0.717) is 50.6 Å². The minimum atomic E-state index is -1.26. The van der Waals surface area contributed by atoms with Gasteiger partial charge in [0, 0.05) is 50.9 Å². The average molecular weight is 622 g/mol. The number of amides is 2. The van der Waals surface area contributed by atoms with E-state index in [4.69, 9.17) is 14.9 Å². The standard InChI is InChI=1S/C26H36FN3O6.C4H4O4/c27-16-5-6-24(36-18-3-1-2-4-18)21(11-16)29-9-7-28(8-10-29)14-17(31)15-30-25(34)19-12-22(32)23(33)13-20(19)26(30)35;5-3(6)1-2-4(7)8/h5-6,11,17-20,22-23,31-33H,1-4,7-10,12-15H2;1-2H,(H,5,6)(H,7,8)/b;2-1-. The molecule has 2 saturated carbocycles. The van der Waals surface area contributed by atoms with E-state index in [-0.39, 0.29) is 43.1 Å². The van der Waals surface area contributed by atoms with Gasteiger partial charge in [-0.2, -0.15) is 0 Å². The number of piperazine rings is 1. The first-order valence-corrected chi connectivity index (χ1v) is 14.9. The maximum absolute atomic E-state index is 14.1. The number of carboxylic acid groups (broad SMARTS) is 2. The summed E-state index contributed by atoms with van der Waals surface area (Å²) in [5.41, 5.74) is 0.752. The van der Waals surface area contributed by atoms with Gasteiger partial charge in [0.1, 0.15) is 11.6 Å². The monoisotopic (exact) mass is 621 g/mol. The number of carbonyl (C=O) groups excluding carboxylic acids is 2. The van der Waals surface area contributed by atoms with E-state index in [0.717, 1.165) is 36.3 Å². The smallest absolute Gasteiger partial charge is 0.328 e. The molecule has 1 aromatic rings. The highest BCUT2D eigenvalue weighted by Crippen LogP contribution is 2.38. The molecular formula is C30H40FN3O10. The van der Waals surface area contributed by atoms with Gasteiger partial charge >= 0.3 is 11.9 Å². The third-order valence-electron chi connectivity index (χ3n) is 8.55. The first-order valence-electron chi connectivity index (χ1n) is 14.9. The Bertz CT molecular complexity index is 1190. The molecule has 5 unspecified atom stereocenters. The lowest BCUT2D eigenvalue weighted by atomic mass is 9.78. The van der Waals surface area contributed by atoms with Crippen molar-refractivity contribution in [2.45, 2.75) is 62.9 Å². The van der Waals surface area contributed by atoms with Crippen LogP contribution in [0.4, 0.5) is 10.1 Å². The molecule has 14 heteroatoms. The second-order valence-electron chi connectivity index (χ2n) is 11.7. The van der Waals surface area contributed by atoms with Crippen molar-refractivity contribution in [3.05, 3.63) is 36.2 Å². The molecular weight excluding hydrogens is 581 g/mol. The van der Waals surface area contributed by atoms with Crippen LogP contribution in [0.3, 0.4) is 0 Å². The molecule has 4 aliphatic rings. The van der Waals surface area contributed by atoms with Gasteiger partial charge in [0.2, 0.25) is 11.8 Å². The van der Waals surface area contributed by atoms with E-state index in [2.05, 4.69) is 9.80 Å². The highest BCUT2D eigenvalue weighted by atomic mass is 19.1. The zero-order chi connectivity index (χ0) is 32.0. The Kier molecular flexibility index (Phi) is 11.3. The Morgan fingerprint density at radius 2 is 1.45 bits per heavy atom. The minimum Gasteiger partial charge on any atom is -0.488 e. The summed E-state index contributed by atoms with van der Waals surface area (Å²) in [4.78, 5) is 49.9. The van der Waals surface area contributed by atoms with Gasteiger partial charge in [-0.15, -0.1) is 0 Å². The number of imide groups is 1. The molecule has 0 aromatic heterocycles. The summed E-state index contributed by atoms with van der Waals surface area (Å²) >= 11 is 0. The molecule has 44 heavy (non-hydrogen) atoms. The summed E-state index contributed by atoms with van der Waals surface area (Å²) in [5.74, 6) is -4.11. The fourth-order valence-corrected chi connectivity index (χ4v) is 6.30. The van der Waals surface area contributed by atoms with E-state index >= 15 is 0 Å². The highest BCUT2D eigenvalue weighted by Gasteiger charge is 2.52. The van der Waals surface area contributed by atoms with Crippen LogP contribution >= 0.6 is 0 Å². The van der Waals surface area contributed by atoms with E-state index in [1.807, 2.05) is 0 Å². The van der Waals surface area contributed by atoms with Crippen molar-refractivity contribution in [2.24, 2.45) is 11.8 Å². The number of rotatable bonds is 9. The van der Waals surface area contributed by atoms with Crippen LogP contribution in [0.2, 0.25) is 0 Å². The number of hydrogen-bond acceptors (Lipinski definition) is 10. The number of carboxylic acids is 2. The van der Waals surface area contributed by atoms with Crippen LogP contribution in [-0.2, 0) is 19.2 Å². The molecule has 2 saturated heterocycles. The SMILES string of the molecule is O=C(O)/C=C\C(=O)O.O=C1C2CC(O)C(O)CC2C(=O)N1CC(O)CN1CCN(c2cc(F)ccc2OC2CCCC2)CC1. The lowest BCUT2D eigenvalue weighted by Crippen LogP contribution is -2.50. The number of ether oxygens (including phenoxy) is 1. The number of likely N-dealkylation sites (tertiary alicyclic amines) is 1. The highest BCUT2D eigenvalue weighted by molar-refractivity contribution is 6.05. The molecule has 1 aromatic carbocycles. The molecule has 242 valence electrons. The summed E-state index contributed by atoms with van der Waals surface area (Å²) in [7, 11) is 0. The molecule has 13 nitrogen and oxygen atoms in total. The third-order valence-corrected chi connectivity index (χ3v) is 8.55. The molecule has 0 bridgehead atoms. The normalized spacial score (nSPS) is 26.8. The summed E-state index contributed by atoms with van der Waals surface area (Å²) < 4.78 is 20.3. The Balaban J connectivity index is 0.000000488. The van der Waals surface area contributed by atoms with Gasteiger partial charge in [-0.1, -0.05) is 0 Å². The van der Waals surface area contributed by atoms with Crippen LogP contribution in [0.1, 0.15) is 38.5 Å². The second kappa shape index (κ2) is 14.9. The van der Waals surface area contributed by atoms with Crippen LogP contribution in [-0.4, -0.2) is 123 Å². The summed E-state index contributed by atoms with van der Waals surface area (Å²) in [5, 5.41) is 46.1. The molecule has 2 amide bonds. The maximum Gasteiger partial charge on any atom is 0.328 e. The fourth-order valence-electron chi connectivity index (χ4n) is 6.30. The van der Waals surface area contributed by atoms with E-state index in [1.54, 1.807) is 6.07 Å². The number of aliphatic carboxylic acids is 2. The van der Waals surface area contributed by atoms with E-state index in [1.165, 1.54) is 12.1 Å². The summed E-state index contributed by atoms with van der Waals surface area (Å²) in [6.07, 6.45) is 2.86. The number of hydrogen-bond donors (Lipinski definition) is 5. The van der Waals surface area contributed by atoms with Crippen molar-refractivity contribution in [3.8, 4) is 5.75 Å². The zero-order valence-corrected chi connectivity index (χ0v) is 24.3. The number of nitrogens with zero attached hydrogens (tertiary/aromatic N) is 3. The molecule has 5 N–H and O–H groups in total. The van der Waals surface area contributed by atoms with Crippen LogP contribution in [0.25, 0.3) is 0 Å². The van der Waals surface area contributed by atoms with Crippen molar-refractivity contribution in [1.29, 1.82) is 0 Å². The number of benzene rings is 1. The van der Waals surface area contributed by atoms with Gasteiger partial charge in [0.05, 0.1) is 48.5 Å². The Labute approximate surface area is 254 Å². The lowest BCUT2D eigenvalue weighted by Gasteiger charge is -2.38. The number of β-amino-alcohol motifs (C(OH)–C–C–N with tert-alkyl or cyclic N) is 1. The van der Waals surface area contributed by atoms with E-state index < -0.39 is 42.1 Å². The minimum absolute atomic E-state index is 0.0670. The van der Waals surface area contributed by atoms with Crippen molar-refractivity contribution in [3.63, 3.8) is 0 Å². The molecule has 4 fully saturated rings. The average Bonchev–Trinajstić information content (AvgIpc) is 3.57. The van der Waals surface area contributed by atoms with Gasteiger partial charge in [-0.05, 0) is 50.7 Å². The topological polar surface area (TPSA) is 188 Å². The number of aliphatic hydroxyl groups excluding tert-OH is 3. The number of anilines is 1. The first-order chi connectivity index (χ1) is 20.9. The van der Waals surface area contributed by atoms with Crippen molar-refractivity contribution in [1.82, 2.24) is 9.80 Å². The zero-order valence-electron chi connectivity index (χ0n) is 24.3. The van der Waals surface area contributed by atoms with Gasteiger partial charge in [0.15, 0.2) is 0 Å². The molecule has 0 spiro atoms. The molecule has 2 aliphatic carbocycles. The molecule has 5 atom stereocenters. The Morgan fingerprint density at radius 3 is 1.98 bits per heavy atom. The predicted octanol–water partition coefficient (Wildman–Crippen LogP) is 0.459. The Morgan fingerprint density at radius 1 is 0.909 bits per heavy atom. The largest absolute Gasteiger partial charge is 0.488 e. The maximum atomic E-state index is 14.1. The van der Waals surface area contributed by atoms with Crippen LogP contribution in [0, 0.1) is 17.7 Å². The summed E-state index contributed by atoms with van der Waals surface area (Å²) in [6, 6.07) is 4.66. The second-order valence-corrected chi connectivity index (χ2v) is 11.7. The van der Waals surface area contributed by atoms with Crippen LogP contribution in [0.15, 0.2) is 30.4 Å². The van der Waals surface area contributed by atoms with Crippen LogP contribution in [0.5, 0.6) is 5.75 Å². The fraction of sp³-hybridized carbons (Fsp3) is 0.600. The van der Waals surface area contributed by atoms with E-state index in [9.17, 15) is 38.9 Å². The Hall–Kier alpha value is -3.59. The number of fused-ring (bicyclic) bond motifs is 1. The van der Waals surface area contributed by atoms with Crippen molar-refractivity contribution < 1.29 is 53.8 Å². The quantitative estimate of drug-likeness (QED) is 0.190. The predicted molar refractivity (Wildman–Crippen MR) is 153 cm³/mol. The lowest BCUT2D eigenvalue weighted by molar-refractivity contribution is -0.142. The molecule has 0 radical (unpaired) electrons. The third kappa shape index (κ3) is 8.52. The first kappa shape index (κ1) is 33.3. The number of carbonyl (C=O) groups is 4. The van der Waals surface area contributed by atoms with Gasteiger partial charge in [-0.25, -0.2) is 14.0 Å². The summed E-state index contributed by atoms with van der Waals surface area (Å²) in [6.45, 7) is 2.77. The number of halogens is 1. The van der Waals surface area contributed by atoms with Gasteiger partial charge in [0.25, 0.3) is 0 Å². The van der Waals surface area contributed by atoms with Crippen LogP contribution < -0.4 is 9.64 Å². The molecule has 2 heterocycles. The van der Waals surface area contributed by atoms with Gasteiger partial charge in [-0.3, -0.25) is 19.4 Å². The molecule has 5 rings (SSSR count). The molecule has 2 aliphatic heterocycles. The van der Waals surface area contributed by atoms with Gasteiger partial charge < -0.3 is 35.2 Å².